The van der Waals surface area contributed by atoms with Crippen LogP contribution in [0.5, 0.6) is 0 Å². The van der Waals surface area contributed by atoms with E-state index in [4.69, 9.17) is 9.47 Å². The first kappa shape index (κ1) is 33.4. The lowest BCUT2D eigenvalue weighted by atomic mass is 9.45. The molecule has 0 aromatic rings. The third-order valence-electron chi connectivity index (χ3n) is 12.3. The SMILES string of the molecule is CC(C)(O)CCC(O)[C@](C)(O)[C@H]1CC[C@@]2(O)C3=CC(=O)[C@@H]4C[C@@H](OC5OC[C@@H](O)[C@H](O)[C@H]5O)[C@@H](O)C[C@]4(C)[C@H]3CC[C@]12C. The van der Waals surface area contributed by atoms with Crippen molar-refractivity contribution in [1.29, 1.82) is 0 Å². The summed E-state index contributed by atoms with van der Waals surface area (Å²) in [6, 6.07) is 0. The Bertz CT molecular complexity index is 1100. The van der Waals surface area contributed by atoms with Crippen molar-refractivity contribution in [3.63, 3.8) is 0 Å². The number of ether oxygens (including phenoxy) is 2. The zero-order chi connectivity index (χ0) is 31.9. The van der Waals surface area contributed by atoms with Crippen molar-refractivity contribution in [2.45, 2.75) is 146 Å². The van der Waals surface area contributed by atoms with Crippen LogP contribution in [-0.4, -0.2) is 113 Å². The summed E-state index contributed by atoms with van der Waals surface area (Å²) < 4.78 is 11.3. The van der Waals surface area contributed by atoms with Gasteiger partial charge in [0.2, 0.25) is 0 Å². The zero-order valence-electron chi connectivity index (χ0n) is 26.0. The number of carbonyl (C=O) groups excluding carboxylic acids is 1. The van der Waals surface area contributed by atoms with Gasteiger partial charge in [-0.25, -0.2) is 0 Å². The topological polar surface area (TPSA) is 197 Å². The van der Waals surface area contributed by atoms with E-state index >= 15 is 0 Å². The maximum atomic E-state index is 13.8. The molecule has 14 atom stereocenters. The van der Waals surface area contributed by atoms with E-state index in [0.717, 1.165) is 0 Å². The molecule has 5 aliphatic rings. The summed E-state index contributed by atoms with van der Waals surface area (Å²) in [7, 11) is 0. The predicted molar refractivity (Wildman–Crippen MR) is 153 cm³/mol. The molecule has 1 saturated heterocycles. The van der Waals surface area contributed by atoms with Gasteiger partial charge in [0.1, 0.15) is 18.3 Å². The molecule has 0 aromatic heterocycles. The summed E-state index contributed by atoms with van der Waals surface area (Å²) in [5, 5.41) is 86.8. The van der Waals surface area contributed by atoms with E-state index in [-0.39, 0.29) is 37.6 Å². The summed E-state index contributed by atoms with van der Waals surface area (Å²) in [4.78, 5) is 13.8. The van der Waals surface area contributed by atoms with Gasteiger partial charge in [0.15, 0.2) is 12.1 Å². The number of allylic oxidation sites excluding steroid dienone is 1. The third-order valence-corrected chi connectivity index (χ3v) is 12.3. The molecular formula is C32H52O11. The van der Waals surface area contributed by atoms with Crippen LogP contribution >= 0.6 is 0 Å². The quantitative estimate of drug-likeness (QED) is 0.197. The first-order valence-electron chi connectivity index (χ1n) is 15.9. The van der Waals surface area contributed by atoms with Crippen molar-refractivity contribution in [1.82, 2.24) is 0 Å². The number of ketones is 1. The fourth-order valence-electron chi connectivity index (χ4n) is 9.53. The van der Waals surface area contributed by atoms with Gasteiger partial charge in [-0.1, -0.05) is 13.8 Å². The largest absolute Gasteiger partial charge is 0.390 e. The van der Waals surface area contributed by atoms with Gasteiger partial charge in [-0.05, 0) is 101 Å². The molecule has 0 aromatic carbocycles. The molecule has 1 aliphatic heterocycles. The second-order valence-electron chi connectivity index (χ2n) is 15.5. The van der Waals surface area contributed by atoms with Gasteiger partial charge in [-0.15, -0.1) is 0 Å². The number of hydrogen-bond donors (Lipinski definition) is 8. The van der Waals surface area contributed by atoms with E-state index in [1.54, 1.807) is 26.8 Å². The number of fused-ring (bicyclic) bond motifs is 5. The highest BCUT2D eigenvalue weighted by atomic mass is 16.7. The minimum atomic E-state index is -1.52. The molecule has 43 heavy (non-hydrogen) atoms. The fraction of sp³-hybridized carbons (Fsp3) is 0.906. The Balaban J connectivity index is 1.38. The molecule has 8 N–H and O–H groups in total. The monoisotopic (exact) mass is 612 g/mol. The van der Waals surface area contributed by atoms with Crippen molar-refractivity contribution in [2.24, 2.45) is 28.6 Å². The van der Waals surface area contributed by atoms with E-state index in [1.807, 2.05) is 13.8 Å². The van der Waals surface area contributed by atoms with Gasteiger partial charge in [-0.3, -0.25) is 4.79 Å². The Morgan fingerprint density at radius 3 is 2.35 bits per heavy atom. The van der Waals surface area contributed by atoms with E-state index in [1.165, 1.54) is 0 Å². The van der Waals surface area contributed by atoms with Gasteiger partial charge in [0.05, 0.1) is 41.7 Å². The Labute approximate surface area is 253 Å². The molecule has 2 unspecified atom stereocenters. The molecule has 4 aliphatic carbocycles. The zero-order valence-corrected chi connectivity index (χ0v) is 26.0. The van der Waals surface area contributed by atoms with Crippen LogP contribution in [0, 0.1) is 28.6 Å². The number of aliphatic hydroxyl groups is 8. The van der Waals surface area contributed by atoms with Crippen LogP contribution in [0.25, 0.3) is 0 Å². The lowest BCUT2D eigenvalue weighted by Gasteiger charge is -2.61. The molecule has 0 spiro atoms. The molecule has 0 bridgehead atoms. The normalized spacial score (nSPS) is 48.9. The smallest absolute Gasteiger partial charge is 0.186 e. The van der Waals surface area contributed by atoms with Crippen molar-refractivity contribution in [3.05, 3.63) is 11.6 Å². The van der Waals surface area contributed by atoms with Gasteiger partial charge in [0.25, 0.3) is 0 Å². The van der Waals surface area contributed by atoms with Crippen molar-refractivity contribution in [2.75, 3.05) is 6.61 Å². The highest BCUT2D eigenvalue weighted by Gasteiger charge is 2.69. The minimum absolute atomic E-state index is 0.169. The summed E-state index contributed by atoms with van der Waals surface area (Å²) in [6.07, 6.45) is -3.99. The molecule has 3 saturated carbocycles. The van der Waals surface area contributed by atoms with Crippen molar-refractivity contribution >= 4 is 5.78 Å². The van der Waals surface area contributed by atoms with Gasteiger partial charge >= 0.3 is 0 Å². The van der Waals surface area contributed by atoms with Crippen LogP contribution in [-0.2, 0) is 14.3 Å². The van der Waals surface area contributed by atoms with Crippen LogP contribution in [0.1, 0.15) is 86.0 Å². The fourth-order valence-corrected chi connectivity index (χ4v) is 9.53. The molecule has 4 fully saturated rings. The standard InChI is InChI=1S/C32H52O11/c1-28(2,39)9-8-24(36)31(5,40)23-7-11-32(41)17-12-19(33)18-13-22(43-27-26(38)25(37)21(35)15-42-27)20(34)14-29(18,3)16(17)6-10-30(23,32)4/h12,16,18,20-27,34-41H,6-11,13-15H2,1-5H3/t16-,18-,20-,21+,22+,23-,24?,25-,26+,27?,29+,30+,31+,32+/m0/s1. The number of hydrogen-bond acceptors (Lipinski definition) is 11. The molecule has 5 rings (SSSR count). The first-order valence-corrected chi connectivity index (χ1v) is 15.9. The summed E-state index contributed by atoms with van der Waals surface area (Å²) in [6.45, 7) is 8.61. The van der Waals surface area contributed by atoms with E-state index in [2.05, 4.69) is 0 Å². The maximum absolute atomic E-state index is 13.8. The van der Waals surface area contributed by atoms with Crippen LogP contribution in [0.2, 0.25) is 0 Å². The molecule has 11 heteroatoms. The average Bonchev–Trinajstić information content (AvgIpc) is 3.20. The van der Waals surface area contributed by atoms with Gasteiger partial charge < -0.3 is 50.3 Å². The van der Waals surface area contributed by atoms with E-state index < -0.39 is 82.4 Å². The summed E-state index contributed by atoms with van der Waals surface area (Å²) in [5.74, 6) is -1.33. The third kappa shape index (κ3) is 5.35. The lowest BCUT2D eigenvalue weighted by molar-refractivity contribution is -0.297. The van der Waals surface area contributed by atoms with E-state index in [9.17, 15) is 45.6 Å². The molecule has 246 valence electrons. The lowest BCUT2D eigenvalue weighted by Crippen LogP contribution is -2.63. The van der Waals surface area contributed by atoms with Crippen molar-refractivity contribution in [3.8, 4) is 0 Å². The minimum Gasteiger partial charge on any atom is -0.390 e. The van der Waals surface area contributed by atoms with E-state index in [0.29, 0.717) is 37.7 Å². The summed E-state index contributed by atoms with van der Waals surface area (Å²) >= 11 is 0. The second-order valence-corrected chi connectivity index (χ2v) is 15.5. The van der Waals surface area contributed by atoms with Crippen LogP contribution in [0.15, 0.2) is 11.6 Å². The second kappa shape index (κ2) is 11.1. The number of carbonyl (C=O) groups is 1. The molecule has 1 heterocycles. The number of rotatable bonds is 7. The first-order chi connectivity index (χ1) is 19.8. The molecule has 0 amide bonds. The van der Waals surface area contributed by atoms with Gasteiger partial charge in [0, 0.05) is 11.3 Å². The Morgan fingerprint density at radius 2 is 1.70 bits per heavy atom. The Kier molecular flexibility index (Phi) is 8.59. The van der Waals surface area contributed by atoms with Gasteiger partial charge in [-0.2, -0.15) is 0 Å². The molecular weight excluding hydrogens is 560 g/mol. The number of aliphatic hydroxyl groups excluding tert-OH is 5. The predicted octanol–water partition coefficient (Wildman–Crippen LogP) is 0.317. The summed E-state index contributed by atoms with van der Waals surface area (Å²) in [5.41, 5.74) is -4.73. The van der Waals surface area contributed by atoms with Crippen LogP contribution < -0.4 is 0 Å². The average molecular weight is 613 g/mol. The Morgan fingerprint density at radius 1 is 1.02 bits per heavy atom. The molecule has 0 radical (unpaired) electrons. The highest BCUT2D eigenvalue weighted by Crippen LogP contribution is 2.68. The van der Waals surface area contributed by atoms with Crippen LogP contribution in [0.3, 0.4) is 0 Å². The molecule has 11 nitrogen and oxygen atoms in total. The maximum Gasteiger partial charge on any atom is 0.186 e. The van der Waals surface area contributed by atoms with Crippen LogP contribution in [0.4, 0.5) is 0 Å². The highest BCUT2D eigenvalue weighted by molar-refractivity contribution is 5.95. The Hall–Kier alpha value is -0.990. The van der Waals surface area contributed by atoms with Crippen molar-refractivity contribution < 1.29 is 55.1 Å².